The van der Waals surface area contributed by atoms with Crippen LogP contribution >= 0.6 is 11.6 Å². The number of aromatic nitrogens is 1. The normalized spacial score (nSPS) is 15.8. The number of fused-ring (bicyclic) bond motifs is 1. The van der Waals surface area contributed by atoms with Crippen LogP contribution in [0.3, 0.4) is 0 Å². The van der Waals surface area contributed by atoms with E-state index >= 15 is 0 Å². The van der Waals surface area contributed by atoms with Crippen molar-refractivity contribution < 1.29 is 13.9 Å². The van der Waals surface area contributed by atoms with Crippen molar-refractivity contribution in [2.75, 3.05) is 7.11 Å². The highest BCUT2D eigenvalue weighted by Gasteiger charge is 2.31. The quantitative estimate of drug-likeness (QED) is 0.673. The van der Waals surface area contributed by atoms with Crippen molar-refractivity contribution in [3.05, 3.63) is 80.6 Å². The summed E-state index contributed by atoms with van der Waals surface area (Å²) in [6.07, 6.45) is 2.25. The van der Waals surface area contributed by atoms with Crippen molar-refractivity contribution in [3.63, 3.8) is 0 Å². The predicted molar refractivity (Wildman–Crippen MR) is 102 cm³/mol. The van der Waals surface area contributed by atoms with E-state index in [1.807, 2.05) is 12.1 Å². The molecule has 7 heteroatoms. The fourth-order valence-corrected chi connectivity index (χ4v) is 3.86. The minimum atomic E-state index is -0.490. The van der Waals surface area contributed by atoms with Gasteiger partial charge in [-0.2, -0.15) is 5.26 Å². The largest absolute Gasteiger partial charge is 0.495 e. The third kappa shape index (κ3) is 2.90. The van der Waals surface area contributed by atoms with Crippen LogP contribution in [0.5, 0.6) is 5.75 Å². The molecule has 0 spiro atoms. The molecule has 6 nitrogen and oxygen atoms in total. The first-order valence-electron chi connectivity index (χ1n) is 8.63. The number of carbonyl (C=O) groups excluding carboxylic acids is 1. The van der Waals surface area contributed by atoms with Crippen molar-refractivity contribution in [3.8, 4) is 17.5 Å². The zero-order chi connectivity index (χ0) is 19.8. The number of Topliss-reactive ketones (excluding diaryl/α,β-unsaturated/α-hetero) is 1. The van der Waals surface area contributed by atoms with Gasteiger partial charge in [0.05, 0.1) is 24.1 Å². The molecule has 140 valence electrons. The molecule has 28 heavy (non-hydrogen) atoms. The highest BCUT2D eigenvalue weighted by atomic mass is 35.5. The number of ether oxygens (including phenoxy) is 1. The lowest BCUT2D eigenvalue weighted by Crippen LogP contribution is -2.31. The molecular weight excluding hydrogens is 380 g/mol. The Kier molecular flexibility index (Phi) is 4.54. The molecule has 1 aromatic carbocycles. The van der Waals surface area contributed by atoms with Gasteiger partial charge in [-0.05, 0) is 42.8 Å². The lowest BCUT2D eigenvalue weighted by molar-refractivity contribution is 0.0958. The Morgan fingerprint density at radius 2 is 2.07 bits per heavy atom. The van der Waals surface area contributed by atoms with Gasteiger partial charge in [-0.25, -0.2) is 0 Å². The highest BCUT2D eigenvalue weighted by Crippen LogP contribution is 2.34. The number of nitrogens with zero attached hydrogens (tertiary/aromatic N) is 2. The number of rotatable bonds is 3. The zero-order valence-electron chi connectivity index (χ0n) is 14.9. The van der Waals surface area contributed by atoms with Gasteiger partial charge < -0.3 is 9.15 Å². The van der Waals surface area contributed by atoms with Crippen LogP contribution in [0.1, 0.15) is 39.7 Å². The maximum Gasteiger partial charge on any atom is 0.273 e. The number of furan rings is 1. The molecule has 0 amide bonds. The SMILES string of the molecule is COc1ccc(-n2c3c(cc(C#N)c2=O)C(=O)CC(c2ccco2)C3)cc1Cl. The van der Waals surface area contributed by atoms with Gasteiger partial charge in [-0.3, -0.25) is 14.2 Å². The van der Waals surface area contributed by atoms with Crippen LogP contribution < -0.4 is 10.3 Å². The standard InChI is InChI=1S/C21H15ClN2O4/c1-27-20-5-4-14(10-16(20)22)24-17-8-12(19-3-2-6-28-19)9-18(25)15(17)7-13(11-23)21(24)26/h2-7,10,12H,8-9H2,1H3. The molecule has 0 N–H and O–H groups in total. The van der Waals surface area contributed by atoms with Crippen LogP contribution in [-0.2, 0) is 6.42 Å². The average Bonchev–Trinajstić information content (AvgIpc) is 3.22. The molecule has 0 radical (unpaired) electrons. The molecule has 1 atom stereocenters. The van der Waals surface area contributed by atoms with E-state index in [4.69, 9.17) is 20.8 Å². The first-order chi connectivity index (χ1) is 13.5. The number of ketones is 1. The van der Waals surface area contributed by atoms with E-state index in [0.717, 1.165) is 0 Å². The number of methoxy groups -OCH3 is 1. The number of hydrogen-bond acceptors (Lipinski definition) is 5. The third-order valence-electron chi connectivity index (χ3n) is 4.93. The molecule has 3 aromatic rings. The summed E-state index contributed by atoms with van der Waals surface area (Å²) in [5, 5.41) is 9.71. The number of carbonyl (C=O) groups is 1. The second-order valence-corrected chi connectivity index (χ2v) is 6.94. The molecule has 0 aliphatic heterocycles. The smallest absolute Gasteiger partial charge is 0.273 e. The number of nitriles is 1. The Morgan fingerprint density at radius 1 is 1.25 bits per heavy atom. The van der Waals surface area contributed by atoms with Gasteiger partial charge in [0.25, 0.3) is 5.56 Å². The monoisotopic (exact) mass is 394 g/mol. The molecule has 0 saturated heterocycles. The van der Waals surface area contributed by atoms with Crippen LogP contribution in [0.4, 0.5) is 0 Å². The molecular formula is C21H15ClN2O4. The Balaban J connectivity index is 1.95. The molecule has 1 unspecified atom stereocenters. The van der Waals surface area contributed by atoms with Crippen LogP contribution in [0.15, 0.2) is 51.9 Å². The van der Waals surface area contributed by atoms with Gasteiger partial charge in [0.1, 0.15) is 23.1 Å². The molecule has 0 fully saturated rings. The van der Waals surface area contributed by atoms with E-state index in [2.05, 4.69) is 0 Å². The Morgan fingerprint density at radius 3 is 2.71 bits per heavy atom. The summed E-state index contributed by atoms with van der Waals surface area (Å²) < 4.78 is 12.0. The molecule has 0 bridgehead atoms. The molecule has 0 saturated carbocycles. The number of halogens is 1. The van der Waals surface area contributed by atoms with Crippen LogP contribution in [-0.4, -0.2) is 17.5 Å². The van der Waals surface area contributed by atoms with Crippen molar-refractivity contribution in [1.29, 1.82) is 5.26 Å². The van der Waals surface area contributed by atoms with Gasteiger partial charge in [0.15, 0.2) is 5.78 Å². The fourth-order valence-electron chi connectivity index (χ4n) is 3.61. The van der Waals surface area contributed by atoms with Gasteiger partial charge in [0, 0.05) is 23.6 Å². The summed E-state index contributed by atoms with van der Waals surface area (Å²) >= 11 is 6.24. The van der Waals surface area contributed by atoms with E-state index < -0.39 is 5.56 Å². The summed E-state index contributed by atoms with van der Waals surface area (Å²) in [5.41, 5.74) is 0.816. The summed E-state index contributed by atoms with van der Waals surface area (Å²) in [4.78, 5) is 25.8. The van der Waals surface area contributed by atoms with Gasteiger partial charge >= 0.3 is 0 Å². The summed E-state index contributed by atoms with van der Waals surface area (Å²) in [6.45, 7) is 0. The minimum Gasteiger partial charge on any atom is -0.495 e. The summed E-state index contributed by atoms with van der Waals surface area (Å²) in [7, 11) is 1.50. The van der Waals surface area contributed by atoms with Crippen molar-refractivity contribution in [2.45, 2.75) is 18.8 Å². The average molecular weight is 395 g/mol. The van der Waals surface area contributed by atoms with E-state index in [0.29, 0.717) is 39.9 Å². The maximum atomic E-state index is 13.0. The van der Waals surface area contributed by atoms with E-state index in [9.17, 15) is 14.9 Å². The van der Waals surface area contributed by atoms with E-state index in [1.165, 1.54) is 17.7 Å². The molecule has 4 rings (SSSR count). The topological polar surface area (TPSA) is 85.2 Å². The molecule has 2 aromatic heterocycles. The molecule has 1 aliphatic carbocycles. The Labute approximate surface area is 165 Å². The van der Waals surface area contributed by atoms with Gasteiger partial charge in [-0.15, -0.1) is 0 Å². The number of hydrogen-bond donors (Lipinski definition) is 0. The van der Waals surface area contributed by atoms with Crippen molar-refractivity contribution in [1.82, 2.24) is 4.57 Å². The summed E-state index contributed by atoms with van der Waals surface area (Å²) in [6, 6.07) is 11.8. The second-order valence-electron chi connectivity index (χ2n) is 6.53. The zero-order valence-corrected chi connectivity index (χ0v) is 15.7. The van der Waals surface area contributed by atoms with Crippen molar-refractivity contribution >= 4 is 17.4 Å². The van der Waals surface area contributed by atoms with Crippen molar-refractivity contribution in [2.24, 2.45) is 0 Å². The van der Waals surface area contributed by atoms with Crippen LogP contribution in [0, 0.1) is 11.3 Å². The van der Waals surface area contributed by atoms with Gasteiger partial charge in [-0.1, -0.05) is 11.6 Å². The maximum absolute atomic E-state index is 13.0. The minimum absolute atomic E-state index is 0.0875. The second kappa shape index (κ2) is 7.02. The molecule has 1 aliphatic rings. The lowest BCUT2D eigenvalue weighted by Gasteiger charge is -2.26. The lowest BCUT2D eigenvalue weighted by atomic mass is 9.83. The van der Waals surface area contributed by atoms with Gasteiger partial charge in [0.2, 0.25) is 0 Å². The first kappa shape index (κ1) is 18.1. The number of benzene rings is 1. The summed E-state index contributed by atoms with van der Waals surface area (Å²) in [5.74, 6) is 0.846. The Bertz CT molecular complexity index is 1170. The van der Waals surface area contributed by atoms with Crippen LogP contribution in [0.2, 0.25) is 5.02 Å². The Hall–Kier alpha value is -3.30. The number of pyridine rings is 1. The first-order valence-corrected chi connectivity index (χ1v) is 9.00. The fraction of sp³-hybridized carbons (Fsp3) is 0.190. The van der Waals surface area contributed by atoms with Crippen LogP contribution in [0.25, 0.3) is 5.69 Å². The predicted octanol–water partition coefficient (Wildman–Crippen LogP) is 3.88. The van der Waals surface area contributed by atoms with E-state index in [1.54, 1.807) is 30.5 Å². The highest BCUT2D eigenvalue weighted by molar-refractivity contribution is 6.32. The molecule has 2 heterocycles. The third-order valence-corrected chi connectivity index (χ3v) is 5.23. The van der Waals surface area contributed by atoms with E-state index in [-0.39, 0.29) is 23.7 Å².